The molecule has 1 aromatic carbocycles. The lowest BCUT2D eigenvalue weighted by atomic mass is 10.1. The van der Waals surface area contributed by atoms with E-state index >= 15 is 0 Å². The van der Waals surface area contributed by atoms with Gasteiger partial charge in [0.25, 0.3) is 0 Å². The van der Waals surface area contributed by atoms with Gasteiger partial charge in [-0.15, -0.1) is 0 Å². The van der Waals surface area contributed by atoms with Crippen molar-refractivity contribution in [3.63, 3.8) is 0 Å². The maximum atomic E-state index is 9.96. The molecule has 0 aliphatic heterocycles. The monoisotopic (exact) mass is 269 g/mol. The molecular weight excluding hydrogens is 246 g/mol. The second-order valence-corrected chi connectivity index (χ2v) is 4.27. The van der Waals surface area contributed by atoms with E-state index in [1.54, 1.807) is 21.1 Å². The molecule has 0 spiro atoms. The first-order valence-electron chi connectivity index (χ1n) is 6.35. The summed E-state index contributed by atoms with van der Waals surface area (Å²) in [7, 11) is 3.22. The second-order valence-electron chi connectivity index (χ2n) is 4.27. The molecule has 0 radical (unpaired) electrons. The van der Waals surface area contributed by atoms with Crippen LogP contribution in [0.15, 0.2) is 18.2 Å². The van der Waals surface area contributed by atoms with Gasteiger partial charge >= 0.3 is 0 Å². The maximum Gasteiger partial charge on any atom is 0.126 e. The minimum absolute atomic E-state index is 0.0418. The van der Waals surface area contributed by atoms with Crippen molar-refractivity contribution >= 4 is 5.69 Å². The van der Waals surface area contributed by atoms with Crippen LogP contribution >= 0.6 is 0 Å². The van der Waals surface area contributed by atoms with Gasteiger partial charge in [0.2, 0.25) is 0 Å². The predicted octanol–water partition coefficient (Wildman–Crippen LogP) is 1.19. The molecular formula is C14H23NO4. The van der Waals surface area contributed by atoms with E-state index < -0.39 is 6.10 Å². The molecule has 0 aromatic heterocycles. The third-order valence-electron chi connectivity index (χ3n) is 2.96. The van der Waals surface area contributed by atoms with E-state index in [4.69, 9.17) is 9.47 Å². The summed E-state index contributed by atoms with van der Waals surface area (Å²) < 4.78 is 10.4. The third-order valence-corrected chi connectivity index (χ3v) is 2.96. The van der Waals surface area contributed by atoms with Crippen molar-refractivity contribution in [3.05, 3.63) is 23.8 Å². The van der Waals surface area contributed by atoms with Crippen LogP contribution in [0.1, 0.15) is 18.6 Å². The highest BCUT2D eigenvalue weighted by Crippen LogP contribution is 2.34. The average molecular weight is 269 g/mol. The van der Waals surface area contributed by atoms with Gasteiger partial charge in [-0.2, -0.15) is 0 Å². The molecule has 0 aliphatic carbocycles. The predicted molar refractivity (Wildman–Crippen MR) is 74.8 cm³/mol. The van der Waals surface area contributed by atoms with Crippen LogP contribution in [0.5, 0.6) is 5.75 Å². The molecule has 1 aromatic rings. The zero-order valence-corrected chi connectivity index (χ0v) is 11.8. The first-order chi connectivity index (χ1) is 9.15. The number of ether oxygens (including phenoxy) is 2. The molecule has 0 saturated heterocycles. The number of rotatable bonds is 8. The van der Waals surface area contributed by atoms with E-state index in [0.29, 0.717) is 25.4 Å². The van der Waals surface area contributed by atoms with E-state index in [2.05, 4.69) is 0 Å². The molecule has 0 aliphatic rings. The third kappa shape index (κ3) is 4.09. The lowest BCUT2D eigenvalue weighted by Crippen LogP contribution is -2.31. The summed E-state index contributed by atoms with van der Waals surface area (Å²) in [5.41, 5.74) is 1.59. The highest BCUT2D eigenvalue weighted by atomic mass is 16.5. The van der Waals surface area contributed by atoms with Crippen LogP contribution in [0, 0.1) is 0 Å². The molecule has 1 unspecified atom stereocenters. The highest BCUT2D eigenvalue weighted by Gasteiger charge is 2.18. The molecule has 0 fully saturated rings. The van der Waals surface area contributed by atoms with Gasteiger partial charge in [0.15, 0.2) is 0 Å². The second kappa shape index (κ2) is 7.99. The minimum atomic E-state index is -0.644. The lowest BCUT2D eigenvalue weighted by Gasteiger charge is -2.28. The Hall–Kier alpha value is -1.30. The largest absolute Gasteiger partial charge is 0.496 e. The first-order valence-corrected chi connectivity index (χ1v) is 6.35. The van der Waals surface area contributed by atoms with Crippen molar-refractivity contribution < 1.29 is 19.7 Å². The Morgan fingerprint density at radius 3 is 2.53 bits per heavy atom. The molecule has 108 valence electrons. The van der Waals surface area contributed by atoms with Gasteiger partial charge in [-0.3, -0.25) is 0 Å². The number of nitrogens with zero attached hydrogens (tertiary/aromatic N) is 1. The zero-order chi connectivity index (χ0) is 14.3. The Bertz CT molecular complexity index is 382. The molecule has 1 atom stereocenters. The van der Waals surface area contributed by atoms with Gasteiger partial charge < -0.3 is 24.6 Å². The Kier molecular flexibility index (Phi) is 6.62. The zero-order valence-electron chi connectivity index (χ0n) is 11.8. The van der Waals surface area contributed by atoms with Crippen LogP contribution in [-0.2, 0) is 4.74 Å². The molecule has 1 rings (SSSR count). The average Bonchev–Trinajstić information content (AvgIpc) is 2.42. The number of hydrogen-bond acceptors (Lipinski definition) is 5. The van der Waals surface area contributed by atoms with Crippen LogP contribution in [0.3, 0.4) is 0 Å². The van der Waals surface area contributed by atoms with Crippen molar-refractivity contribution in [2.45, 2.75) is 13.0 Å². The Morgan fingerprint density at radius 2 is 2.00 bits per heavy atom. The molecule has 2 N–H and O–H groups in total. The van der Waals surface area contributed by atoms with Crippen molar-refractivity contribution in [1.29, 1.82) is 0 Å². The Labute approximate surface area is 114 Å². The summed E-state index contributed by atoms with van der Waals surface area (Å²) in [5.74, 6) is 0.646. The van der Waals surface area contributed by atoms with Crippen LogP contribution in [0.4, 0.5) is 5.69 Å². The fourth-order valence-corrected chi connectivity index (χ4v) is 2.08. The quantitative estimate of drug-likeness (QED) is 0.742. The van der Waals surface area contributed by atoms with E-state index in [-0.39, 0.29) is 6.61 Å². The summed E-state index contributed by atoms with van der Waals surface area (Å²) in [6.45, 7) is 3.42. The van der Waals surface area contributed by atoms with Gasteiger partial charge in [-0.25, -0.2) is 0 Å². The fraction of sp³-hybridized carbons (Fsp3) is 0.571. The standard InChI is InChI=1S/C14H23NO4/c1-11(17)14-12(5-4-6-13(14)19-3)15(7-9-16)8-10-18-2/h4-6,11,16-17H,7-10H2,1-3H3. The summed E-state index contributed by atoms with van der Waals surface area (Å²) in [4.78, 5) is 1.98. The van der Waals surface area contributed by atoms with Crippen LogP contribution in [0.2, 0.25) is 0 Å². The molecule has 0 amide bonds. The SMILES string of the molecule is COCCN(CCO)c1cccc(OC)c1C(C)O. The highest BCUT2D eigenvalue weighted by molar-refractivity contribution is 5.60. The smallest absolute Gasteiger partial charge is 0.126 e. The fourth-order valence-electron chi connectivity index (χ4n) is 2.08. The normalized spacial score (nSPS) is 12.3. The molecule has 0 bridgehead atoms. The number of aliphatic hydroxyl groups excluding tert-OH is 2. The lowest BCUT2D eigenvalue weighted by molar-refractivity contribution is 0.192. The Balaban J connectivity index is 3.13. The van der Waals surface area contributed by atoms with Gasteiger partial charge in [0, 0.05) is 31.5 Å². The first kappa shape index (κ1) is 15.8. The van der Waals surface area contributed by atoms with Crippen molar-refractivity contribution in [2.75, 3.05) is 45.4 Å². The number of aliphatic hydroxyl groups is 2. The van der Waals surface area contributed by atoms with E-state index in [1.165, 1.54) is 0 Å². The minimum Gasteiger partial charge on any atom is -0.496 e. The van der Waals surface area contributed by atoms with E-state index in [0.717, 1.165) is 11.3 Å². The van der Waals surface area contributed by atoms with E-state index in [9.17, 15) is 10.2 Å². The number of hydrogen-bond donors (Lipinski definition) is 2. The summed E-state index contributed by atoms with van der Waals surface area (Å²) in [5, 5.41) is 19.1. The van der Waals surface area contributed by atoms with Gasteiger partial charge in [-0.05, 0) is 19.1 Å². The molecule has 5 heteroatoms. The van der Waals surface area contributed by atoms with Gasteiger partial charge in [0.05, 0.1) is 26.4 Å². The van der Waals surface area contributed by atoms with Crippen LogP contribution < -0.4 is 9.64 Å². The topological polar surface area (TPSA) is 62.2 Å². The molecule has 5 nitrogen and oxygen atoms in total. The molecule has 0 saturated carbocycles. The van der Waals surface area contributed by atoms with Gasteiger partial charge in [0.1, 0.15) is 5.75 Å². The van der Waals surface area contributed by atoms with E-state index in [1.807, 2.05) is 23.1 Å². The maximum absolute atomic E-state index is 9.96. The molecule has 19 heavy (non-hydrogen) atoms. The Morgan fingerprint density at radius 1 is 1.26 bits per heavy atom. The summed E-state index contributed by atoms with van der Waals surface area (Å²) >= 11 is 0. The number of methoxy groups -OCH3 is 2. The van der Waals surface area contributed by atoms with Gasteiger partial charge in [-0.1, -0.05) is 6.07 Å². The van der Waals surface area contributed by atoms with Crippen molar-refractivity contribution in [2.24, 2.45) is 0 Å². The van der Waals surface area contributed by atoms with Crippen LogP contribution in [-0.4, -0.2) is 50.7 Å². The summed E-state index contributed by atoms with van der Waals surface area (Å²) in [6, 6.07) is 5.60. The summed E-state index contributed by atoms with van der Waals surface area (Å²) in [6.07, 6.45) is -0.644. The number of benzene rings is 1. The van der Waals surface area contributed by atoms with Crippen molar-refractivity contribution in [1.82, 2.24) is 0 Å². The molecule has 0 heterocycles. The van der Waals surface area contributed by atoms with Crippen LogP contribution in [0.25, 0.3) is 0 Å². The number of anilines is 1. The van der Waals surface area contributed by atoms with Crippen molar-refractivity contribution in [3.8, 4) is 5.75 Å².